The highest BCUT2D eigenvalue weighted by atomic mass is 35.5. The molecule has 0 amide bonds. The van der Waals surface area contributed by atoms with Gasteiger partial charge in [0.1, 0.15) is 5.82 Å². The molecule has 3 rings (SSSR count). The third-order valence-corrected chi connectivity index (χ3v) is 3.69. The van der Waals surface area contributed by atoms with Gasteiger partial charge in [0.15, 0.2) is 0 Å². The largest absolute Gasteiger partial charge is 0.404 e. The van der Waals surface area contributed by atoms with Crippen molar-refractivity contribution in [3.8, 4) is 11.6 Å². The van der Waals surface area contributed by atoms with Crippen LogP contribution in [0.3, 0.4) is 0 Å². The van der Waals surface area contributed by atoms with Gasteiger partial charge in [-0.1, -0.05) is 18.5 Å². The molecule has 0 saturated carbocycles. The molecule has 24 heavy (non-hydrogen) atoms. The number of ether oxygens (including phenoxy) is 1. The summed E-state index contributed by atoms with van der Waals surface area (Å²) in [5.41, 5.74) is 1.77. The lowest BCUT2D eigenvalue weighted by Crippen LogP contribution is -2.11. The van der Waals surface area contributed by atoms with Gasteiger partial charge in [-0.3, -0.25) is 0 Å². The van der Waals surface area contributed by atoms with Crippen LogP contribution in [0.2, 0.25) is 5.02 Å². The Morgan fingerprint density at radius 1 is 1.17 bits per heavy atom. The van der Waals surface area contributed by atoms with Crippen molar-refractivity contribution in [3.63, 3.8) is 0 Å². The summed E-state index contributed by atoms with van der Waals surface area (Å²) in [5.74, 6) is -0.692. The molecule has 0 aliphatic carbocycles. The van der Waals surface area contributed by atoms with E-state index in [4.69, 9.17) is 16.3 Å². The van der Waals surface area contributed by atoms with E-state index in [0.29, 0.717) is 17.3 Å². The number of aromatic nitrogens is 2. The number of aryl methyl sites for hydroxylation is 1. The van der Waals surface area contributed by atoms with Gasteiger partial charge in [0.25, 0.3) is 0 Å². The molecule has 0 fully saturated rings. The fraction of sp³-hybridized carbons (Fsp3) is 0.111. The van der Waals surface area contributed by atoms with E-state index in [2.05, 4.69) is 5.10 Å². The van der Waals surface area contributed by atoms with Crippen molar-refractivity contribution in [1.82, 2.24) is 9.78 Å². The average molecular weight is 345 g/mol. The average Bonchev–Trinajstić information content (AvgIpc) is 2.99. The van der Waals surface area contributed by atoms with E-state index in [0.717, 1.165) is 11.4 Å². The predicted molar refractivity (Wildman–Crippen MR) is 89.3 cm³/mol. The van der Waals surface area contributed by atoms with Crippen molar-refractivity contribution in [2.45, 2.75) is 13.3 Å². The summed E-state index contributed by atoms with van der Waals surface area (Å²) >= 11 is 5.90. The fourth-order valence-corrected chi connectivity index (χ4v) is 2.29. The fourth-order valence-electron chi connectivity index (χ4n) is 2.16. The number of rotatable bonds is 4. The van der Waals surface area contributed by atoms with Crippen molar-refractivity contribution in [1.29, 1.82) is 0 Å². The summed E-state index contributed by atoms with van der Waals surface area (Å²) in [7, 11) is 0. The molecule has 0 saturated heterocycles. The molecule has 6 heteroatoms. The quantitative estimate of drug-likeness (QED) is 0.657. The summed E-state index contributed by atoms with van der Waals surface area (Å²) in [6, 6.07) is 13.9. The number of hydrogen-bond acceptors (Lipinski definition) is 3. The van der Waals surface area contributed by atoms with E-state index in [9.17, 15) is 9.18 Å². The summed E-state index contributed by atoms with van der Waals surface area (Å²) < 4.78 is 20.0. The first-order valence-electron chi connectivity index (χ1n) is 7.39. The minimum atomic E-state index is -0.576. The Morgan fingerprint density at radius 3 is 2.46 bits per heavy atom. The lowest BCUT2D eigenvalue weighted by molar-refractivity contribution is 0.0723. The molecule has 122 valence electrons. The Hall–Kier alpha value is -2.66. The van der Waals surface area contributed by atoms with E-state index >= 15 is 0 Å². The molecule has 0 aliphatic heterocycles. The van der Waals surface area contributed by atoms with E-state index in [1.807, 2.05) is 6.92 Å². The minimum absolute atomic E-state index is 0.262. The smallest absolute Gasteiger partial charge is 0.344 e. The van der Waals surface area contributed by atoms with Crippen LogP contribution < -0.4 is 4.74 Å². The second-order valence-electron chi connectivity index (χ2n) is 5.11. The lowest BCUT2D eigenvalue weighted by atomic mass is 10.2. The Kier molecular flexibility index (Phi) is 4.62. The van der Waals surface area contributed by atoms with E-state index in [-0.39, 0.29) is 5.56 Å². The highest BCUT2D eigenvalue weighted by Crippen LogP contribution is 2.22. The van der Waals surface area contributed by atoms with Gasteiger partial charge >= 0.3 is 5.97 Å². The topological polar surface area (TPSA) is 44.1 Å². The molecule has 3 aromatic rings. The van der Waals surface area contributed by atoms with Gasteiger partial charge in [0.05, 0.1) is 16.9 Å². The van der Waals surface area contributed by atoms with Gasteiger partial charge in [0, 0.05) is 11.1 Å². The zero-order valence-electron chi connectivity index (χ0n) is 12.9. The summed E-state index contributed by atoms with van der Waals surface area (Å²) in [6.45, 7) is 1.96. The number of hydrogen-bond donors (Lipinski definition) is 0. The third-order valence-electron chi connectivity index (χ3n) is 3.44. The zero-order chi connectivity index (χ0) is 17.1. The van der Waals surface area contributed by atoms with Crippen LogP contribution in [0.15, 0.2) is 54.6 Å². The van der Waals surface area contributed by atoms with Crippen LogP contribution in [0.25, 0.3) is 5.69 Å². The van der Waals surface area contributed by atoms with Crippen molar-refractivity contribution >= 4 is 17.6 Å². The molecular weight excluding hydrogens is 331 g/mol. The van der Waals surface area contributed by atoms with Crippen molar-refractivity contribution in [2.75, 3.05) is 0 Å². The monoisotopic (exact) mass is 344 g/mol. The first-order chi connectivity index (χ1) is 11.6. The van der Waals surface area contributed by atoms with Crippen molar-refractivity contribution < 1.29 is 13.9 Å². The Balaban J connectivity index is 1.92. The molecule has 0 atom stereocenters. The zero-order valence-corrected chi connectivity index (χ0v) is 13.6. The van der Waals surface area contributed by atoms with Gasteiger partial charge in [-0.25, -0.2) is 13.9 Å². The van der Waals surface area contributed by atoms with Crippen LogP contribution in [0.5, 0.6) is 5.88 Å². The molecule has 0 aliphatic rings. The Bertz CT molecular complexity index is 858. The summed E-state index contributed by atoms with van der Waals surface area (Å²) in [4.78, 5) is 12.3. The van der Waals surface area contributed by atoms with Gasteiger partial charge in [-0.2, -0.15) is 5.10 Å². The van der Waals surface area contributed by atoms with Crippen LogP contribution in [-0.2, 0) is 6.42 Å². The van der Waals surface area contributed by atoms with Gasteiger partial charge in [-0.15, -0.1) is 0 Å². The van der Waals surface area contributed by atoms with Crippen LogP contribution in [0.1, 0.15) is 23.0 Å². The number of benzene rings is 2. The second kappa shape index (κ2) is 6.84. The number of carbonyl (C=O) groups is 1. The second-order valence-corrected chi connectivity index (χ2v) is 5.55. The van der Waals surface area contributed by atoms with Gasteiger partial charge < -0.3 is 4.74 Å². The molecule has 4 nitrogen and oxygen atoms in total. The van der Waals surface area contributed by atoms with Crippen molar-refractivity contribution in [3.05, 3.63) is 76.7 Å². The highest BCUT2D eigenvalue weighted by molar-refractivity contribution is 6.30. The highest BCUT2D eigenvalue weighted by Gasteiger charge is 2.15. The molecule has 0 N–H and O–H groups in total. The maximum absolute atomic E-state index is 13.0. The maximum atomic E-state index is 13.0. The first-order valence-corrected chi connectivity index (χ1v) is 7.77. The SMILES string of the molecule is CCc1cc(OC(=O)c2ccc(F)cc2)n(-c2ccc(Cl)cc2)n1. The van der Waals surface area contributed by atoms with Crippen LogP contribution in [-0.4, -0.2) is 15.7 Å². The Morgan fingerprint density at radius 2 is 1.83 bits per heavy atom. The predicted octanol–water partition coefficient (Wildman–Crippen LogP) is 4.45. The number of esters is 1. The standard InChI is InChI=1S/C18H14ClFN2O2/c1-2-15-11-17(22(21-15)16-9-5-13(19)6-10-16)24-18(23)12-3-7-14(20)8-4-12/h3-11H,2H2,1H3. The van der Waals surface area contributed by atoms with E-state index < -0.39 is 11.8 Å². The molecular formula is C18H14ClFN2O2. The maximum Gasteiger partial charge on any atom is 0.344 e. The van der Waals surface area contributed by atoms with Crippen LogP contribution in [0, 0.1) is 5.82 Å². The summed E-state index contributed by atoms with van der Waals surface area (Å²) in [6.07, 6.45) is 0.696. The van der Waals surface area contributed by atoms with Gasteiger partial charge in [-0.05, 0) is 55.0 Å². The third kappa shape index (κ3) is 3.46. The van der Waals surface area contributed by atoms with E-state index in [1.54, 1.807) is 30.3 Å². The normalized spacial score (nSPS) is 10.6. The van der Waals surface area contributed by atoms with Gasteiger partial charge in [0.2, 0.25) is 5.88 Å². The molecule has 0 radical (unpaired) electrons. The molecule has 0 spiro atoms. The number of carbonyl (C=O) groups excluding carboxylic acids is 1. The first kappa shape index (κ1) is 16.2. The number of halogens is 2. The van der Waals surface area contributed by atoms with E-state index in [1.165, 1.54) is 28.9 Å². The molecule has 2 aromatic carbocycles. The molecule has 0 bridgehead atoms. The Labute approximate surface area is 143 Å². The van der Waals surface area contributed by atoms with Crippen LogP contribution in [0.4, 0.5) is 4.39 Å². The molecule has 1 aromatic heterocycles. The molecule has 1 heterocycles. The van der Waals surface area contributed by atoms with Crippen LogP contribution >= 0.6 is 11.6 Å². The number of nitrogens with zero attached hydrogens (tertiary/aromatic N) is 2. The summed E-state index contributed by atoms with van der Waals surface area (Å²) in [5, 5.41) is 5.03. The molecule has 0 unspecified atom stereocenters. The lowest BCUT2D eigenvalue weighted by Gasteiger charge is -2.08. The van der Waals surface area contributed by atoms with Crippen molar-refractivity contribution in [2.24, 2.45) is 0 Å². The minimum Gasteiger partial charge on any atom is -0.404 e.